The first-order valence-corrected chi connectivity index (χ1v) is 7.28. The predicted octanol–water partition coefficient (Wildman–Crippen LogP) is 4.73. The molecule has 0 aliphatic heterocycles. The lowest BCUT2D eigenvalue weighted by atomic mass is 10.1. The van der Waals surface area contributed by atoms with Gasteiger partial charge in [-0.1, -0.05) is 6.07 Å². The van der Waals surface area contributed by atoms with E-state index in [1.165, 1.54) is 26.0 Å². The fraction of sp³-hybridized carbons (Fsp3) is 0.235. The van der Waals surface area contributed by atoms with E-state index in [1.54, 1.807) is 0 Å². The molecule has 134 valence electrons. The van der Waals surface area contributed by atoms with Crippen LogP contribution in [0.1, 0.15) is 18.1 Å². The fourth-order valence-corrected chi connectivity index (χ4v) is 2.17. The van der Waals surface area contributed by atoms with Crippen LogP contribution in [0.25, 0.3) is 0 Å². The fourth-order valence-electron chi connectivity index (χ4n) is 2.17. The molecule has 2 aromatic carbocycles. The Bertz CT molecular complexity index is 789. The number of nitrogens with one attached hydrogen (secondary N) is 2. The summed E-state index contributed by atoms with van der Waals surface area (Å²) in [4.78, 5) is 12.0. The van der Waals surface area contributed by atoms with Crippen LogP contribution in [0, 0.1) is 18.6 Å². The third-order valence-corrected chi connectivity index (χ3v) is 3.51. The molecule has 25 heavy (non-hydrogen) atoms. The topological polar surface area (TPSA) is 41.1 Å². The number of rotatable bonds is 4. The van der Waals surface area contributed by atoms with E-state index in [0.717, 1.165) is 24.3 Å². The first-order valence-electron chi connectivity index (χ1n) is 7.28. The minimum Gasteiger partial charge on any atom is -0.374 e. The van der Waals surface area contributed by atoms with Crippen molar-refractivity contribution in [1.29, 1.82) is 0 Å². The molecule has 2 aromatic rings. The van der Waals surface area contributed by atoms with Gasteiger partial charge in [0.1, 0.15) is 17.7 Å². The lowest BCUT2D eigenvalue weighted by Gasteiger charge is -2.18. The molecule has 0 bridgehead atoms. The minimum atomic E-state index is -4.52. The number of aryl methyl sites for hydroxylation is 1. The van der Waals surface area contributed by atoms with Crippen LogP contribution in [0.2, 0.25) is 0 Å². The Hall–Kier alpha value is -2.64. The molecule has 0 saturated carbocycles. The molecule has 0 heterocycles. The molecule has 1 amide bonds. The van der Waals surface area contributed by atoms with Gasteiger partial charge in [-0.3, -0.25) is 4.79 Å². The van der Waals surface area contributed by atoms with E-state index >= 15 is 0 Å². The Morgan fingerprint density at radius 3 is 2.40 bits per heavy atom. The highest BCUT2D eigenvalue weighted by atomic mass is 19.4. The molecular formula is C17H15F5N2O. The van der Waals surface area contributed by atoms with Crippen molar-refractivity contribution in [2.45, 2.75) is 26.1 Å². The molecule has 0 aromatic heterocycles. The zero-order valence-corrected chi connectivity index (χ0v) is 13.3. The number of alkyl halides is 3. The van der Waals surface area contributed by atoms with E-state index < -0.39 is 35.3 Å². The Labute approximate surface area is 140 Å². The average molecular weight is 358 g/mol. The molecule has 2 rings (SSSR count). The molecule has 0 spiro atoms. The first kappa shape index (κ1) is 18.7. The molecule has 8 heteroatoms. The number of carbonyl (C=O) groups is 1. The second kappa shape index (κ2) is 7.08. The molecule has 0 radical (unpaired) electrons. The van der Waals surface area contributed by atoms with Crippen LogP contribution in [0.4, 0.5) is 33.3 Å². The number of benzene rings is 2. The number of anilines is 2. The summed E-state index contributed by atoms with van der Waals surface area (Å²) in [5.41, 5.74) is -1.03. The molecule has 0 fully saturated rings. The Morgan fingerprint density at radius 2 is 1.76 bits per heavy atom. The van der Waals surface area contributed by atoms with Crippen LogP contribution in [-0.2, 0) is 11.0 Å². The van der Waals surface area contributed by atoms with E-state index in [0.29, 0.717) is 0 Å². The summed E-state index contributed by atoms with van der Waals surface area (Å²) in [7, 11) is 0. The third-order valence-electron chi connectivity index (χ3n) is 3.51. The standard InChI is InChI=1S/C17H15F5N2O/c1-9-3-5-12(8-13(9)17(20,21)22)23-10(2)16(25)24-15-7-11(18)4-6-14(15)19/h3-8,10,23H,1-2H3,(H,24,25). The molecule has 1 unspecified atom stereocenters. The maximum Gasteiger partial charge on any atom is 0.416 e. The highest BCUT2D eigenvalue weighted by molar-refractivity contribution is 5.96. The van der Waals surface area contributed by atoms with Crippen molar-refractivity contribution in [2.75, 3.05) is 10.6 Å². The van der Waals surface area contributed by atoms with Crippen LogP contribution in [0.15, 0.2) is 36.4 Å². The number of amides is 1. The number of carbonyl (C=O) groups excluding carboxylic acids is 1. The van der Waals surface area contributed by atoms with E-state index in [1.807, 2.05) is 0 Å². The van der Waals surface area contributed by atoms with Gasteiger partial charge in [-0.15, -0.1) is 0 Å². The normalized spacial score (nSPS) is 12.6. The van der Waals surface area contributed by atoms with Crippen molar-refractivity contribution in [3.05, 3.63) is 59.2 Å². The summed E-state index contributed by atoms with van der Waals surface area (Å²) in [6, 6.07) is 5.16. The zero-order valence-electron chi connectivity index (χ0n) is 13.3. The van der Waals surface area contributed by atoms with Gasteiger partial charge in [-0.05, 0) is 43.7 Å². The van der Waals surface area contributed by atoms with Crippen LogP contribution >= 0.6 is 0 Å². The van der Waals surface area contributed by atoms with Gasteiger partial charge in [0.25, 0.3) is 0 Å². The first-order chi connectivity index (χ1) is 11.6. The number of halogens is 5. The Balaban J connectivity index is 2.12. The molecule has 0 aliphatic rings. The van der Waals surface area contributed by atoms with Crippen molar-refractivity contribution < 1.29 is 26.7 Å². The summed E-state index contributed by atoms with van der Waals surface area (Å²) < 4.78 is 65.4. The molecular weight excluding hydrogens is 343 g/mol. The van der Waals surface area contributed by atoms with E-state index in [4.69, 9.17) is 0 Å². The van der Waals surface area contributed by atoms with Crippen LogP contribution < -0.4 is 10.6 Å². The van der Waals surface area contributed by atoms with E-state index in [2.05, 4.69) is 10.6 Å². The van der Waals surface area contributed by atoms with Gasteiger partial charge in [0.15, 0.2) is 0 Å². The van der Waals surface area contributed by atoms with Gasteiger partial charge >= 0.3 is 6.18 Å². The van der Waals surface area contributed by atoms with Crippen LogP contribution in [-0.4, -0.2) is 11.9 Å². The van der Waals surface area contributed by atoms with Crippen LogP contribution in [0.3, 0.4) is 0 Å². The Morgan fingerprint density at radius 1 is 1.08 bits per heavy atom. The monoisotopic (exact) mass is 358 g/mol. The third kappa shape index (κ3) is 4.68. The average Bonchev–Trinajstić information content (AvgIpc) is 2.51. The van der Waals surface area contributed by atoms with Gasteiger partial charge in [0, 0.05) is 11.8 Å². The second-order valence-electron chi connectivity index (χ2n) is 5.51. The summed E-state index contributed by atoms with van der Waals surface area (Å²) in [6.45, 7) is 2.72. The summed E-state index contributed by atoms with van der Waals surface area (Å²) >= 11 is 0. The lowest BCUT2D eigenvalue weighted by molar-refractivity contribution is -0.138. The van der Waals surface area contributed by atoms with E-state index in [-0.39, 0.29) is 16.9 Å². The summed E-state index contributed by atoms with van der Waals surface area (Å²) in [5.74, 6) is -2.28. The smallest absolute Gasteiger partial charge is 0.374 e. The van der Waals surface area contributed by atoms with Gasteiger partial charge in [0.2, 0.25) is 5.91 Å². The molecule has 0 saturated heterocycles. The quantitative estimate of drug-likeness (QED) is 0.776. The number of hydrogen-bond donors (Lipinski definition) is 2. The zero-order chi connectivity index (χ0) is 18.8. The maximum absolute atomic E-state index is 13.5. The van der Waals surface area contributed by atoms with Gasteiger partial charge in [0.05, 0.1) is 11.3 Å². The molecule has 2 N–H and O–H groups in total. The van der Waals surface area contributed by atoms with Gasteiger partial charge < -0.3 is 10.6 Å². The Kier molecular flexibility index (Phi) is 5.30. The van der Waals surface area contributed by atoms with Crippen molar-refractivity contribution in [1.82, 2.24) is 0 Å². The molecule has 0 aliphatic carbocycles. The van der Waals surface area contributed by atoms with Gasteiger partial charge in [-0.2, -0.15) is 13.2 Å². The van der Waals surface area contributed by atoms with Crippen LogP contribution in [0.5, 0.6) is 0 Å². The van der Waals surface area contributed by atoms with Crippen molar-refractivity contribution in [3.8, 4) is 0 Å². The van der Waals surface area contributed by atoms with Gasteiger partial charge in [-0.25, -0.2) is 8.78 Å². The highest BCUT2D eigenvalue weighted by Crippen LogP contribution is 2.33. The maximum atomic E-state index is 13.5. The van der Waals surface area contributed by atoms with E-state index in [9.17, 15) is 26.7 Å². The second-order valence-corrected chi connectivity index (χ2v) is 5.51. The van der Waals surface area contributed by atoms with Crippen molar-refractivity contribution >= 4 is 17.3 Å². The summed E-state index contributed by atoms with van der Waals surface area (Å²) in [5, 5.41) is 4.80. The molecule has 1 atom stereocenters. The number of hydrogen-bond acceptors (Lipinski definition) is 2. The minimum absolute atomic E-state index is 0.0528. The predicted molar refractivity (Wildman–Crippen MR) is 84.3 cm³/mol. The molecule has 3 nitrogen and oxygen atoms in total. The lowest BCUT2D eigenvalue weighted by Crippen LogP contribution is -2.32. The van der Waals surface area contributed by atoms with Crippen molar-refractivity contribution in [3.63, 3.8) is 0 Å². The largest absolute Gasteiger partial charge is 0.416 e. The highest BCUT2D eigenvalue weighted by Gasteiger charge is 2.32. The SMILES string of the molecule is Cc1ccc(NC(C)C(=O)Nc2cc(F)ccc2F)cc1C(F)(F)F. The van der Waals surface area contributed by atoms with Crippen molar-refractivity contribution in [2.24, 2.45) is 0 Å². The summed E-state index contributed by atoms with van der Waals surface area (Å²) in [6.07, 6.45) is -4.52.